The SMILES string of the molecule is O=C(O)C1CC12COC2. The van der Waals surface area contributed by atoms with Crippen molar-refractivity contribution in [3.63, 3.8) is 0 Å². The average molecular weight is 128 g/mol. The van der Waals surface area contributed by atoms with Gasteiger partial charge in [-0.05, 0) is 6.42 Å². The monoisotopic (exact) mass is 128 g/mol. The van der Waals surface area contributed by atoms with E-state index in [1.165, 1.54) is 0 Å². The normalized spacial score (nSPS) is 35.8. The zero-order valence-electron chi connectivity index (χ0n) is 4.96. The summed E-state index contributed by atoms with van der Waals surface area (Å²) in [5.41, 5.74) is 0.0891. The summed E-state index contributed by atoms with van der Waals surface area (Å²) in [6.07, 6.45) is 0.836. The lowest BCUT2D eigenvalue weighted by atomic mass is 10.0. The lowest BCUT2D eigenvalue weighted by Crippen LogP contribution is -2.32. The molecular formula is C6H8O3. The van der Waals surface area contributed by atoms with Crippen LogP contribution >= 0.6 is 0 Å². The fourth-order valence-corrected chi connectivity index (χ4v) is 1.38. The largest absolute Gasteiger partial charge is 0.481 e. The van der Waals surface area contributed by atoms with Gasteiger partial charge in [-0.25, -0.2) is 0 Å². The molecule has 0 aromatic rings. The topological polar surface area (TPSA) is 46.5 Å². The zero-order valence-corrected chi connectivity index (χ0v) is 4.96. The second-order valence-electron chi connectivity index (χ2n) is 2.95. The summed E-state index contributed by atoms with van der Waals surface area (Å²) in [6.45, 7) is 1.34. The van der Waals surface area contributed by atoms with Crippen LogP contribution in [-0.2, 0) is 9.53 Å². The third kappa shape index (κ3) is 0.525. The van der Waals surface area contributed by atoms with Gasteiger partial charge in [-0.1, -0.05) is 0 Å². The van der Waals surface area contributed by atoms with Crippen LogP contribution in [0, 0.1) is 11.3 Å². The van der Waals surface area contributed by atoms with Crippen LogP contribution in [0.1, 0.15) is 6.42 Å². The molecule has 3 nitrogen and oxygen atoms in total. The molecule has 1 saturated heterocycles. The molecule has 0 radical (unpaired) electrons. The van der Waals surface area contributed by atoms with Gasteiger partial charge in [-0.3, -0.25) is 4.79 Å². The van der Waals surface area contributed by atoms with Gasteiger partial charge in [0, 0.05) is 5.41 Å². The van der Waals surface area contributed by atoms with Crippen molar-refractivity contribution in [3.05, 3.63) is 0 Å². The first-order valence-electron chi connectivity index (χ1n) is 3.05. The predicted molar refractivity (Wildman–Crippen MR) is 29.0 cm³/mol. The number of hydrogen-bond acceptors (Lipinski definition) is 2. The van der Waals surface area contributed by atoms with Gasteiger partial charge in [0.1, 0.15) is 0 Å². The highest BCUT2D eigenvalue weighted by Gasteiger charge is 2.63. The van der Waals surface area contributed by atoms with Crippen LogP contribution in [0.4, 0.5) is 0 Å². The molecule has 2 rings (SSSR count). The molecule has 1 aliphatic carbocycles. The fraction of sp³-hybridized carbons (Fsp3) is 0.833. The third-order valence-electron chi connectivity index (χ3n) is 2.27. The zero-order chi connectivity index (χ0) is 6.48. The van der Waals surface area contributed by atoms with E-state index in [0.29, 0.717) is 13.2 Å². The highest BCUT2D eigenvalue weighted by Crippen LogP contribution is 2.57. The molecule has 3 heteroatoms. The van der Waals surface area contributed by atoms with Crippen LogP contribution in [0.3, 0.4) is 0 Å². The molecule has 50 valence electrons. The molecule has 0 aromatic carbocycles. The van der Waals surface area contributed by atoms with E-state index in [2.05, 4.69) is 0 Å². The van der Waals surface area contributed by atoms with E-state index in [-0.39, 0.29) is 11.3 Å². The Kier molecular flexibility index (Phi) is 0.750. The van der Waals surface area contributed by atoms with Crippen molar-refractivity contribution in [2.24, 2.45) is 11.3 Å². The van der Waals surface area contributed by atoms with Crippen LogP contribution in [0.2, 0.25) is 0 Å². The lowest BCUT2D eigenvalue weighted by Gasteiger charge is -2.26. The Bertz CT molecular complexity index is 160. The van der Waals surface area contributed by atoms with E-state index < -0.39 is 5.97 Å². The van der Waals surface area contributed by atoms with Crippen molar-refractivity contribution < 1.29 is 14.6 Å². The number of carbonyl (C=O) groups is 1. The van der Waals surface area contributed by atoms with Gasteiger partial charge >= 0.3 is 5.97 Å². The van der Waals surface area contributed by atoms with Crippen LogP contribution in [-0.4, -0.2) is 24.3 Å². The van der Waals surface area contributed by atoms with Crippen LogP contribution in [0.5, 0.6) is 0 Å². The van der Waals surface area contributed by atoms with Crippen molar-refractivity contribution in [3.8, 4) is 0 Å². The molecule has 0 aromatic heterocycles. The molecule has 1 saturated carbocycles. The maximum atomic E-state index is 10.3. The second-order valence-corrected chi connectivity index (χ2v) is 2.95. The number of carboxylic acids is 1. The van der Waals surface area contributed by atoms with E-state index in [9.17, 15) is 4.79 Å². The van der Waals surface area contributed by atoms with Gasteiger partial charge in [0.2, 0.25) is 0 Å². The lowest BCUT2D eigenvalue weighted by molar-refractivity contribution is -0.143. The van der Waals surface area contributed by atoms with Crippen molar-refractivity contribution in [2.45, 2.75) is 6.42 Å². The first-order chi connectivity index (χ1) is 4.25. The molecular weight excluding hydrogens is 120 g/mol. The van der Waals surface area contributed by atoms with Crippen molar-refractivity contribution in [1.82, 2.24) is 0 Å². The summed E-state index contributed by atoms with van der Waals surface area (Å²) in [4.78, 5) is 10.3. The Hall–Kier alpha value is -0.570. The molecule has 1 N–H and O–H groups in total. The smallest absolute Gasteiger partial charge is 0.307 e. The summed E-state index contributed by atoms with van der Waals surface area (Å²) < 4.78 is 4.92. The average Bonchev–Trinajstić information content (AvgIpc) is 2.34. The summed E-state index contributed by atoms with van der Waals surface area (Å²) >= 11 is 0. The van der Waals surface area contributed by atoms with Crippen LogP contribution < -0.4 is 0 Å². The van der Waals surface area contributed by atoms with Crippen molar-refractivity contribution >= 4 is 5.97 Å². The number of carboxylic acid groups (broad SMARTS) is 1. The highest BCUT2D eigenvalue weighted by molar-refractivity contribution is 5.75. The molecule has 1 aliphatic heterocycles. The van der Waals surface area contributed by atoms with E-state index in [1.807, 2.05) is 0 Å². The maximum absolute atomic E-state index is 10.3. The van der Waals surface area contributed by atoms with Crippen molar-refractivity contribution in [2.75, 3.05) is 13.2 Å². The number of hydrogen-bond donors (Lipinski definition) is 1. The highest BCUT2D eigenvalue weighted by atomic mass is 16.5. The van der Waals surface area contributed by atoms with Crippen molar-refractivity contribution in [1.29, 1.82) is 0 Å². The van der Waals surface area contributed by atoms with Gasteiger partial charge in [-0.2, -0.15) is 0 Å². The Labute approximate surface area is 52.6 Å². The Morgan fingerprint density at radius 1 is 1.67 bits per heavy atom. The minimum atomic E-state index is -0.654. The molecule has 0 amide bonds. The molecule has 1 atom stereocenters. The minimum absolute atomic E-state index is 0.0891. The van der Waals surface area contributed by atoms with Gasteiger partial charge in [0.15, 0.2) is 0 Å². The van der Waals surface area contributed by atoms with Crippen LogP contribution in [0.15, 0.2) is 0 Å². The second kappa shape index (κ2) is 1.29. The molecule has 9 heavy (non-hydrogen) atoms. The van der Waals surface area contributed by atoms with E-state index in [1.54, 1.807) is 0 Å². The van der Waals surface area contributed by atoms with E-state index in [0.717, 1.165) is 6.42 Å². The van der Waals surface area contributed by atoms with Gasteiger partial charge in [0.05, 0.1) is 19.1 Å². The molecule has 2 fully saturated rings. The summed E-state index contributed by atoms with van der Waals surface area (Å²) in [7, 11) is 0. The van der Waals surface area contributed by atoms with E-state index >= 15 is 0 Å². The first kappa shape index (κ1) is 5.23. The summed E-state index contributed by atoms with van der Waals surface area (Å²) in [5, 5.41) is 8.50. The minimum Gasteiger partial charge on any atom is -0.481 e. The molecule has 1 spiro atoms. The van der Waals surface area contributed by atoms with Gasteiger partial charge in [0.25, 0.3) is 0 Å². The number of aliphatic carboxylic acids is 1. The standard InChI is InChI=1S/C6H8O3/c7-5(8)4-1-6(4)2-9-3-6/h4H,1-3H2,(H,7,8). The molecule has 2 aliphatic rings. The fourth-order valence-electron chi connectivity index (χ4n) is 1.38. The summed E-state index contributed by atoms with van der Waals surface area (Å²) in [6, 6.07) is 0. The first-order valence-corrected chi connectivity index (χ1v) is 3.05. The Morgan fingerprint density at radius 3 is 2.44 bits per heavy atom. The van der Waals surface area contributed by atoms with Crippen LogP contribution in [0.25, 0.3) is 0 Å². The predicted octanol–water partition coefficient (Wildman–Crippen LogP) is 0.108. The van der Waals surface area contributed by atoms with E-state index in [4.69, 9.17) is 9.84 Å². The Balaban J connectivity index is 2.01. The summed E-state index contributed by atoms with van der Waals surface area (Å²) in [5.74, 6) is -0.746. The Morgan fingerprint density at radius 2 is 2.33 bits per heavy atom. The quantitative estimate of drug-likeness (QED) is 0.545. The third-order valence-corrected chi connectivity index (χ3v) is 2.27. The number of ether oxygens (including phenoxy) is 1. The maximum Gasteiger partial charge on any atom is 0.307 e. The van der Waals surface area contributed by atoms with Gasteiger partial charge < -0.3 is 9.84 Å². The molecule has 1 heterocycles. The van der Waals surface area contributed by atoms with Gasteiger partial charge in [-0.15, -0.1) is 0 Å². The number of rotatable bonds is 1. The molecule has 0 bridgehead atoms. The molecule has 1 unspecified atom stereocenters.